The maximum Gasteiger partial charge on any atom is 0.573 e. The Kier molecular flexibility index (Phi) is 5.17. The molecule has 0 bridgehead atoms. The maximum atomic E-state index is 12.8. The molecule has 1 aliphatic rings. The first kappa shape index (κ1) is 19.5. The average Bonchev–Trinajstić information content (AvgIpc) is 2.93. The molecule has 2 N–H and O–H groups in total. The maximum absolute atomic E-state index is 12.8. The molecule has 1 unspecified atom stereocenters. The Bertz CT molecular complexity index is 886. The SMILES string of the molecule is CCC1(COc2ccc(-c3ccccc3)c(OC(F)(F)F)c2)NC(=O)NC1=O. The summed E-state index contributed by atoms with van der Waals surface area (Å²) < 4.78 is 48.2. The molecule has 28 heavy (non-hydrogen) atoms. The van der Waals surface area contributed by atoms with Crippen LogP contribution in [0.4, 0.5) is 18.0 Å². The largest absolute Gasteiger partial charge is 0.573 e. The second kappa shape index (κ2) is 7.41. The fraction of sp³-hybridized carbons (Fsp3) is 0.263. The van der Waals surface area contributed by atoms with E-state index in [4.69, 9.17) is 4.74 Å². The highest BCUT2D eigenvalue weighted by Crippen LogP contribution is 2.37. The van der Waals surface area contributed by atoms with Crippen LogP contribution in [0.2, 0.25) is 0 Å². The van der Waals surface area contributed by atoms with Gasteiger partial charge in [-0.2, -0.15) is 0 Å². The fourth-order valence-corrected chi connectivity index (χ4v) is 2.85. The van der Waals surface area contributed by atoms with Crippen LogP contribution in [0, 0.1) is 0 Å². The van der Waals surface area contributed by atoms with Crippen molar-refractivity contribution in [2.75, 3.05) is 6.61 Å². The van der Waals surface area contributed by atoms with E-state index in [1.807, 2.05) is 0 Å². The number of benzene rings is 2. The first-order valence-corrected chi connectivity index (χ1v) is 8.44. The van der Waals surface area contributed by atoms with Gasteiger partial charge >= 0.3 is 12.4 Å². The minimum Gasteiger partial charge on any atom is -0.490 e. The van der Waals surface area contributed by atoms with Gasteiger partial charge in [-0.05, 0) is 24.1 Å². The summed E-state index contributed by atoms with van der Waals surface area (Å²) in [5, 5.41) is 4.62. The lowest BCUT2D eigenvalue weighted by Crippen LogP contribution is -2.51. The Labute approximate surface area is 158 Å². The van der Waals surface area contributed by atoms with Crippen molar-refractivity contribution in [2.45, 2.75) is 25.2 Å². The zero-order chi connectivity index (χ0) is 20.4. The minimum absolute atomic E-state index is 0.0701. The van der Waals surface area contributed by atoms with Crippen molar-refractivity contribution in [3.05, 3.63) is 48.5 Å². The zero-order valence-corrected chi connectivity index (χ0v) is 14.8. The number of imide groups is 1. The van der Waals surface area contributed by atoms with Gasteiger partial charge in [-0.15, -0.1) is 13.2 Å². The molecule has 6 nitrogen and oxygen atoms in total. The quantitative estimate of drug-likeness (QED) is 0.734. The predicted octanol–water partition coefficient (Wildman–Crippen LogP) is 3.62. The smallest absolute Gasteiger partial charge is 0.490 e. The Morgan fingerprint density at radius 1 is 1.07 bits per heavy atom. The molecule has 1 heterocycles. The van der Waals surface area contributed by atoms with Gasteiger partial charge in [-0.25, -0.2) is 4.79 Å². The van der Waals surface area contributed by atoms with E-state index in [9.17, 15) is 22.8 Å². The summed E-state index contributed by atoms with van der Waals surface area (Å²) in [5.41, 5.74) is -0.497. The molecule has 1 atom stereocenters. The molecule has 0 aromatic heterocycles. The number of alkyl halides is 3. The van der Waals surface area contributed by atoms with E-state index in [1.54, 1.807) is 37.3 Å². The van der Waals surface area contributed by atoms with Crippen LogP contribution in [0.1, 0.15) is 13.3 Å². The monoisotopic (exact) mass is 394 g/mol. The molecule has 1 fully saturated rings. The third-order valence-electron chi connectivity index (χ3n) is 4.37. The number of hydrogen-bond acceptors (Lipinski definition) is 4. The van der Waals surface area contributed by atoms with Gasteiger partial charge in [0.15, 0.2) is 5.54 Å². The lowest BCUT2D eigenvalue weighted by atomic mass is 9.98. The molecule has 148 valence electrons. The number of amides is 3. The predicted molar refractivity (Wildman–Crippen MR) is 93.8 cm³/mol. The lowest BCUT2D eigenvalue weighted by molar-refractivity contribution is -0.274. The lowest BCUT2D eigenvalue weighted by Gasteiger charge is -2.24. The van der Waals surface area contributed by atoms with Crippen LogP contribution in [-0.2, 0) is 4.79 Å². The van der Waals surface area contributed by atoms with Gasteiger partial charge in [-0.1, -0.05) is 37.3 Å². The highest BCUT2D eigenvalue weighted by atomic mass is 19.4. The molecular weight excluding hydrogens is 377 g/mol. The number of carbonyl (C=O) groups is 2. The van der Waals surface area contributed by atoms with Crippen LogP contribution in [-0.4, -0.2) is 30.4 Å². The number of hydrogen-bond donors (Lipinski definition) is 2. The number of halogens is 3. The van der Waals surface area contributed by atoms with Crippen LogP contribution >= 0.6 is 0 Å². The summed E-state index contributed by atoms with van der Waals surface area (Å²) in [6, 6.07) is 11.8. The van der Waals surface area contributed by atoms with E-state index in [0.717, 1.165) is 6.07 Å². The molecular formula is C19H17F3N2O4. The summed E-state index contributed by atoms with van der Waals surface area (Å²) in [6.45, 7) is 1.45. The van der Waals surface area contributed by atoms with Gasteiger partial charge in [0.05, 0.1) is 0 Å². The van der Waals surface area contributed by atoms with Crippen LogP contribution in [0.3, 0.4) is 0 Å². The molecule has 2 aromatic rings. The molecule has 3 amide bonds. The topological polar surface area (TPSA) is 76.7 Å². The Morgan fingerprint density at radius 3 is 2.36 bits per heavy atom. The number of urea groups is 1. The van der Waals surface area contributed by atoms with Gasteiger partial charge in [-0.3, -0.25) is 10.1 Å². The normalized spacial score (nSPS) is 19.1. The van der Waals surface area contributed by atoms with E-state index in [1.165, 1.54) is 12.1 Å². The van der Waals surface area contributed by atoms with Crippen LogP contribution in [0.5, 0.6) is 11.5 Å². The molecule has 0 spiro atoms. The molecule has 0 saturated carbocycles. The Morgan fingerprint density at radius 2 is 1.79 bits per heavy atom. The average molecular weight is 394 g/mol. The second-order valence-corrected chi connectivity index (χ2v) is 6.20. The standard InChI is InChI=1S/C19H17F3N2O4/c1-2-18(16(25)23-17(26)24-18)11-27-13-8-9-14(12-6-4-3-5-7-12)15(10-13)28-19(20,21)22/h3-10H,2,11H2,1H3,(H2,23,24,25,26). The van der Waals surface area contributed by atoms with Crippen LogP contribution < -0.4 is 20.1 Å². The minimum atomic E-state index is -4.88. The molecule has 9 heteroatoms. The summed E-state index contributed by atoms with van der Waals surface area (Å²) in [4.78, 5) is 23.4. The third kappa shape index (κ3) is 4.19. The van der Waals surface area contributed by atoms with Gasteiger partial charge < -0.3 is 14.8 Å². The first-order chi connectivity index (χ1) is 13.2. The van der Waals surface area contributed by atoms with E-state index in [0.29, 0.717) is 5.56 Å². The molecule has 2 aromatic carbocycles. The van der Waals surface area contributed by atoms with E-state index in [-0.39, 0.29) is 24.3 Å². The highest BCUT2D eigenvalue weighted by molar-refractivity contribution is 6.07. The number of rotatable bonds is 6. The van der Waals surface area contributed by atoms with E-state index < -0.39 is 29.6 Å². The molecule has 1 saturated heterocycles. The summed E-state index contributed by atoms with van der Waals surface area (Å²) in [6.07, 6.45) is -4.63. The Hall–Kier alpha value is -3.23. The van der Waals surface area contributed by atoms with Crippen molar-refractivity contribution in [3.8, 4) is 22.6 Å². The van der Waals surface area contributed by atoms with Gasteiger partial charge in [0.25, 0.3) is 5.91 Å². The van der Waals surface area contributed by atoms with Crippen molar-refractivity contribution >= 4 is 11.9 Å². The number of carbonyl (C=O) groups excluding carboxylic acids is 2. The number of ether oxygens (including phenoxy) is 2. The first-order valence-electron chi connectivity index (χ1n) is 8.44. The molecule has 0 radical (unpaired) electrons. The Balaban J connectivity index is 1.87. The van der Waals surface area contributed by atoms with Crippen LogP contribution in [0.15, 0.2) is 48.5 Å². The fourth-order valence-electron chi connectivity index (χ4n) is 2.85. The van der Waals surface area contributed by atoms with Gasteiger partial charge in [0.1, 0.15) is 18.1 Å². The van der Waals surface area contributed by atoms with E-state index >= 15 is 0 Å². The number of nitrogens with one attached hydrogen (secondary N) is 2. The summed E-state index contributed by atoms with van der Waals surface area (Å²) in [5.74, 6) is -0.907. The molecule has 1 aliphatic heterocycles. The van der Waals surface area contributed by atoms with Crippen molar-refractivity contribution < 1.29 is 32.2 Å². The van der Waals surface area contributed by atoms with Gasteiger partial charge in [0.2, 0.25) is 0 Å². The zero-order valence-electron chi connectivity index (χ0n) is 14.8. The van der Waals surface area contributed by atoms with E-state index in [2.05, 4.69) is 15.4 Å². The van der Waals surface area contributed by atoms with Crippen molar-refractivity contribution in [2.24, 2.45) is 0 Å². The summed E-state index contributed by atoms with van der Waals surface area (Å²) >= 11 is 0. The van der Waals surface area contributed by atoms with Crippen LogP contribution in [0.25, 0.3) is 11.1 Å². The summed E-state index contributed by atoms with van der Waals surface area (Å²) in [7, 11) is 0. The highest BCUT2D eigenvalue weighted by Gasteiger charge is 2.45. The van der Waals surface area contributed by atoms with Crippen molar-refractivity contribution in [1.82, 2.24) is 10.6 Å². The van der Waals surface area contributed by atoms with Crippen molar-refractivity contribution in [3.63, 3.8) is 0 Å². The molecule has 3 rings (SSSR count). The molecule has 0 aliphatic carbocycles. The third-order valence-corrected chi connectivity index (χ3v) is 4.37. The second-order valence-electron chi connectivity index (χ2n) is 6.20. The van der Waals surface area contributed by atoms with Gasteiger partial charge in [0, 0.05) is 11.6 Å². The van der Waals surface area contributed by atoms with Crippen molar-refractivity contribution in [1.29, 1.82) is 0 Å².